The Balaban J connectivity index is 2.45. The summed E-state index contributed by atoms with van der Waals surface area (Å²) >= 11 is 0. The maximum atomic E-state index is 13.8. The Morgan fingerprint density at radius 2 is 1.74 bits per heavy atom. The first-order valence-corrected chi connectivity index (χ1v) is 5.75. The molecule has 0 aliphatic heterocycles. The van der Waals surface area contributed by atoms with Gasteiger partial charge >= 0.3 is 0 Å². The van der Waals surface area contributed by atoms with Gasteiger partial charge in [-0.2, -0.15) is 5.26 Å². The monoisotopic (exact) mass is 258 g/mol. The van der Waals surface area contributed by atoms with Gasteiger partial charge in [0.25, 0.3) is 0 Å². The highest BCUT2D eigenvalue weighted by Gasteiger charge is 2.12. The molecule has 0 aromatic heterocycles. The van der Waals surface area contributed by atoms with Crippen molar-refractivity contribution in [3.63, 3.8) is 0 Å². The van der Waals surface area contributed by atoms with Gasteiger partial charge in [0.05, 0.1) is 11.6 Å². The zero-order valence-corrected chi connectivity index (χ0v) is 10.6. The number of halogens is 2. The van der Waals surface area contributed by atoms with Gasteiger partial charge in [-0.1, -0.05) is 12.1 Å². The maximum absolute atomic E-state index is 13.8. The fraction of sp³-hybridized carbons (Fsp3) is 0.133. The van der Waals surface area contributed by atoms with Crippen molar-refractivity contribution >= 4 is 11.4 Å². The lowest BCUT2D eigenvalue weighted by molar-refractivity contribution is 0.590. The third kappa shape index (κ3) is 2.55. The molecule has 0 bridgehead atoms. The van der Waals surface area contributed by atoms with Crippen molar-refractivity contribution in [1.82, 2.24) is 0 Å². The fourth-order valence-corrected chi connectivity index (χ4v) is 1.78. The molecule has 4 heteroatoms. The molecule has 2 rings (SSSR count). The van der Waals surface area contributed by atoms with E-state index < -0.39 is 11.6 Å². The van der Waals surface area contributed by atoms with E-state index >= 15 is 0 Å². The van der Waals surface area contributed by atoms with Gasteiger partial charge in [-0.3, -0.25) is 0 Å². The van der Waals surface area contributed by atoms with Gasteiger partial charge in [-0.15, -0.1) is 0 Å². The summed E-state index contributed by atoms with van der Waals surface area (Å²) in [6.45, 7) is 3.79. The first-order chi connectivity index (χ1) is 9.02. The van der Waals surface area contributed by atoms with Crippen LogP contribution in [-0.4, -0.2) is 0 Å². The SMILES string of the molecule is Cc1cccc(Nc2c(F)cc(C#N)cc2F)c1C. The number of benzene rings is 2. The molecule has 0 spiro atoms. The Kier molecular flexibility index (Phi) is 3.48. The lowest BCUT2D eigenvalue weighted by Gasteiger charge is -2.13. The molecular formula is C15H12F2N2. The van der Waals surface area contributed by atoms with Crippen LogP contribution in [0.5, 0.6) is 0 Å². The van der Waals surface area contributed by atoms with E-state index in [1.807, 2.05) is 26.0 Å². The third-order valence-electron chi connectivity index (χ3n) is 3.04. The second kappa shape index (κ2) is 5.07. The Hall–Kier alpha value is -2.41. The molecule has 0 fully saturated rings. The van der Waals surface area contributed by atoms with Crippen molar-refractivity contribution in [2.45, 2.75) is 13.8 Å². The van der Waals surface area contributed by atoms with Crippen molar-refractivity contribution in [1.29, 1.82) is 5.26 Å². The zero-order valence-electron chi connectivity index (χ0n) is 10.6. The van der Waals surface area contributed by atoms with E-state index in [1.165, 1.54) is 0 Å². The molecule has 0 radical (unpaired) electrons. The van der Waals surface area contributed by atoms with Crippen LogP contribution in [0, 0.1) is 36.8 Å². The maximum Gasteiger partial charge on any atom is 0.150 e. The quantitative estimate of drug-likeness (QED) is 0.876. The average Bonchev–Trinajstić information content (AvgIpc) is 2.38. The van der Waals surface area contributed by atoms with E-state index in [0.29, 0.717) is 5.69 Å². The molecule has 2 aromatic carbocycles. The van der Waals surface area contributed by atoms with E-state index in [9.17, 15) is 8.78 Å². The number of anilines is 2. The van der Waals surface area contributed by atoms with E-state index in [4.69, 9.17) is 5.26 Å². The predicted molar refractivity (Wildman–Crippen MR) is 70.3 cm³/mol. The smallest absolute Gasteiger partial charge is 0.150 e. The van der Waals surface area contributed by atoms with Gasteiger partial charge in [0.1, 0.15) is 5.69 Å². The Morgan fingerprint density at radius 3 is 2.32 bits per heavy atom. The van der Waals surface area contributed by atoms with Crippen LogP contribution in [0.15, 0.2) is 30.3 Å². The second-order valence-corrected chi connectivity index (χ2v) is 4.30. The Bertz CT molecular complexity index is 649. The van der Waals surface area contributed by atoms with Crippen LogP contribution in [0.3, 0.4) is 0 Å². The molecule has 19 heavy (non-hydrogen) atoms. The van der Waals surface area contributed by atoms with Gasteiger partial charge in [-0.25, -0.2) is 8.78 Å². The summed E-state index contributed by atoms with van der Waals surface area (Å²) in [5, 5.41) is 11.4. The highest BCUT2D eigenvalue weighted by atomic mass is 19.1. The van der Waals surface area contributed by atoms with Gasteiger partial charge in [0.15, 0.2) is 11.6 Å². The second-order valence-electron chi connectivity index (χ2n) is 4.30. The van der Waals surface area contributed by atoms with Gasteiger partial charge in [0, 0.05) is 5.69 Å². The van der Waals surface area contributed by atoms with Crippen molar-refractivity contribution in [2.24, 2.45) is 0 Å². The molecule has 2 nitrogen and oxygen atoms in total. The van der Waals surface area contributed by atoms with Crippen molar-refractivity contribution in [3.8, 4) is 6.07 Å². The number of nitrogens with zero attached hydrogens (tertiary/aromatic N) is 1. The number of hydrogen-bond donors (Lipinski definition) is 1. The summed E-state index contributed by atoms with van der Waals surface area (Å²) in [6, 6.07) is 9.22. The van der Waals surface area contributed by atoms with Crippen molar-refractivity contribution < 1.29 is 8.78 Å². The van der Waals surface area contributed by atoms with Crippen LogP contribution >= 0.6 is 0 Å². The molecule has 0 saturated carbocycles. The minimum atomic E-state index is -0.780. The van der Waals surface area contributed by atoms with Crippen LogP contribution in [0.4, 0.5) is 20.2 Å². The highest BCUT2D eigenvalue weighted by molar-refractivity contribution is 5.65. The molecule has 0 aliphatic rings. The minimum absolute atomic E-state index is 0.0403. The lowest BCUT2D eigenvalue weighted by atomic mass is 10.1. The summed E-state index contributed by atoms with van der Waals surface area (Å²) in [5.74, 6) is -1.56. The molecule has 0 saturated heterocycles. The standard InChI is InChI=1S/C15H12F2N2/c1-9-4-3-5-14(10(9)2)19-15-12(16)6-11(8-18)7-13(15)17/h3-7,19H,1-2H3. The molecule has 2 aromatic rings. The zero-order chi connectivity index (χ0) is 14.0. The molecule has 96 valence electrons. The molecule has 0 heterocycles. The number of nitriles is 1. The summed E-state index contributed by atoms with van der Waals surface area (Å²) in [7, 11) is 0. The van der Waals surface area contributed by atoms with Gasteiger partial charge < -0.3 is 5.32 Å². The fourth-order valence-electron chi connectivity index (χ4n) is 1.78. The van der Waals surface area contributed by atoms with Gasteiger partial charge in [-0.05, 0) is 43.2 Å². The van der Waals surface area contributed by atoms with Crippen LogP contribution in [0.2, 0.25) is 0 Å². The van der Waals surface area contributed by atoms with E-state index in [0.717, 1.165) is 23.3 Å². The van der Waals surface area contributed by atoms with Gasteiger partial charge in [0.2, 0.25) is 0 Å². The van der Waals surface area contributed by atoms with Crippen LogP contribution in [0.25, 0.3) is 0 Å². The predicted octanol–water partition coefficient (Wildman–Crippen LogP) is 4.20. The summed E-state index contributed by atoms with van der Waals surface area (Å²) < 4.78 is 27.5. The Morgan fingerprint density at radius 1 is 1.11 bits per heavy atom. The first kappa shape index (κ1) is 13.0. The van der Waals surface area contributed by atoms with Crippen molar-refractivity contribution in [2.75, 3.05) is 5.32 Å². The number of nitrogens with one attached hydrogen (secondary N) is 1. The summed E-state index contributed by atoms with van der Waals surface area (Å²) in [4.78, 5) is 0. The normalized spacial score (nSPS) is 10.1. The molecule has 0 aliphatic carbocycles. The molecule has 1 N–H and O–H groups in total. The average molecular weight is 258 g/mol. The van der Waals surface area contributed by atoms with E-state index in [-0.39, 0.29) is 11.3 Å². The third-order valence-corrected chi connectivity index (χ3v) is 3.04. The number of aryl methyl sites for hydroxylation is 1. The number of hydrogen-bond acceptors (Lipinski definition) is 2. The lowest BCUT2D eigenvalue weighted by Crippen LogP contribution is -2.00. The summed E-state index contributed by atoms with van der Waals surface area (Å²) in [5.41, 5.74) is 2.31. The van der Waals surface area contributed by atoms with Crippen LogP contribution < -0.4 is 5.32 Å². The molecule has 0 amide bonds. The highest BCUT2D eigenvalue weighted by Crippen LogP contribution is 2.27. The Labute approximate surface area is 110 Å². The van der Waals surface area contributed by atoms with E-state index in [1.54, 1.807) is 12.1 Å². The topological polar surface area (TPSA) is 35.8 Å². The molecular weight excluding hydrogens is 246 g/mol. The number of rotatable bonds is 2. The van der Waals surface area contributed by atoms with Crippen LogP contribution in [0.1, 0.15) is 16.7 Å². The van der Waals surface area contributed by atoms with Crippen LogP contribution in [-0.2, 0) is 0 Å². The first-order valence-electron chi connectivity index (χ1n) is 5.75. The molecule has 0 unspecified atom stereocenters. The van der Waals surface area contributed by atoms with E-state index in [2.05, 4.69) is 5.32 Å². The summed E-state index contributed by atoms with van der Waals surface area (Å²) in [6.07, 6.45) is 0. The molecule has 0 atom stereocenters. The van der Waals surface area contributed by atoms with Crippen molar-refractivity contribution in [3.05, 3.63) is 58.7 Å². The minimum Gasteiger partial charge on any atom is -0.351 e. The largest absolute Gasteiger partial charge is 0.351 e.